The summed E-state index contributed by atoms with van der Waals surface area (Å²) in [6, 6.07) is 19.0. The smallest absolute Gasteiger partial charge is 0.254 e. The number of hydrogen-bond acceptors (Lipinski definition) is 4. The first-order valence-corrected chi connectivity index (χ1v) is 11.7. The first-order valence-electron chi connectivity index (χ1n) is 10.8. The number of methoxy groups -OCH3 is 1. The number of thiophene rings is 1. The van der Waals surface area contributed by atoms with Crippen molar-refractivity contribution in [2.45, 2.75) is 31.7 Å². The van der Waals surface area contributed by atoms with Crippen LogP contribution in [0.4, 0.5) is 5.69 Å². The molecule has 2 heterocycles. The van der Waals surface area contributed by atoms with Crippen LogP contribution in [-0.4, -0.2) is 37.0 Å². The van der Waals surface area contributed by atoms with Crippen LogP contribution < -0.4 is 5.32 Å². The second-order valence-electron chi connectivity index (χ2n) is 8.28. The molecule has 0 aliphatic carbocycles. The lowest BCUT2D eigenvalue weighted by molar-refractivity contribution is -0.119. The van der Waals surface area contributed by atoms with Crippen LogP contribution in [-0.2, 0) is 9.53 Å². The molecule has 6 heteroatoms. The lowest BCUT2D eigenvalue weighted by atomic mass is 9.81. The van der Waals surface area contributed by atoms with E-state index in [1.165, 1.54) is 5.56 Å². The van der Waals surface area contributed by atoms with Crippen LogP contribution in [0, 0.1) is 0 Å². The largest absolute Gasteiger partial charge is 0.383 e. The maximum absolute atomic E-state index is 13.7. The summed E-state index contributed by atoms with van der Waals surface area (Å²) in [5.74, 6) is -0.290. The van der Waals surface area contributed by atoms with Gasteiger partial charge in [-0.2, -0.15) is 0 Å². The number of amides is 2. The van der Waals surface area contributed by atoms with Crippen LogP contribution in [0.5, 0.6) is 0 Å². The molecule has 2 atom stereocenters. The highest BCUT2D eigenvalue weighted by molar-refractivity contribution is 7.10. The van der Waals surface area contributed by atoms with Crippen molar-refractivity contribution in [2.24, 2.45) is 0 Å². The van der Waals surface area contributed by atoms with Crippen molar-refractivity contribution in [1.29, 1.82) is 0 Å². The van der Waals surface area contributed by atoms with Crippen molar-refractivity contribution in [1.82, 2.24) is 4.90 Å². The fourth-order valence-corrected chi connectivity index (χ4v) is 5.13. The van der Waals surface area contributed by atoms with Crippen molar-refractivity contribution in [3.63, 3.8) is 0 Å². The van der Waals surface area contributed by atoms with Gasteiger partial charge in [-0.15, -0.1) is 11.3 Å². The van der Waals surface area contributed by atoms with Gasteiger partial charge in [-0.3, -0.25) is 9.59 Å². The van der Waals surface area contributed by atoms with Gasteiger partial charge in [-0.05, 0) is 46.7 Å². The molecule has 4 rings (SSSR count). The average molecular weight is 449 g/mol. The van der Waals surface area contributed by atoms with E-state index in [1.807, 2.05) is 60.0 Å². The van der Waals surface area contributed by atoms with E-state index in [2.05, 4.69) is 19.2 Å². The summed E-state index contributed by atoms with van der Waals surface area (Å²) in [5.41, 5.74) is 3.31. The molecule has 0 spiro atoms. The Balaban J connectivity index is 1.74. The molecular formula is C26H28N2O3S. The predicted molar refractivity (Wildman–Crippen MR) is 128 cm³/mol. The molecule has 166 valence electrons. The van der Waals surface area contributed by atoms with Gasteiger partial charge in [0.15, 0.2) is 0 Å². The van der Waals surface area contributed by atoms with E-state index in [1.54, 1.807) is 29.4 Å². The lowest BCUT2D eigenvalue weighted by Crippen LogP contribution is -2.47. The number of carbonyl (C=O) groups is 2. The van der Waals surface area contributed by atoms with Crippen molar-refractivity contribution in [3.05, 3.63) is 87.6 Å². The zero-order valence-electron chi connectivity index (χ0n) is 18.6. The Bertz CT molecular complexity index is 1080. The van der Waals surface area contributed by atoms with Gasteiger partial charge in [-0.25, -0.2) is 0 Å². The number of hydrogen-bond donors (Lipinski definition) is 1. The van der Waals surface area contributed by atoms with E-state index in [9.17, 15) is 9.59 Å². The summed E-state index contributed by atoms with van der Waals surface area (Å²) >= 11 is 1.56. The standard InChI is InChI=1S/C26H28N2O3S/c1-17(2)18-10-12-19(13-11-18)27-25(29)23-20-7-4-5-8-21(20)26(30)28(14-15-31-3)24(23)22-9-6-16-32-22/h4-13,16-17,23-24H,14-15H2,1-3H3,(H,27,29). The van der Waals surface area contributed by atoms with E-state index in [0.717, 1.165) is 16.1 Å². The molecular weight excluding hydrogens is 420 g/mol. The summed E-state index contributed by atoms with van der Waals surface area (Å²) in [6.45, 7) is 5.10. The number of fused-ring (bicyclic) bond motifs is 1. The molecule has 1 aliphatic rings. The third-order valence-electron chi connectivity index (χ3n) is 5.94. The highest BCUT2D eigenvalue weighted by Gasteiger charge is 2.44. The van der Waals surface area contributed by atoms with Crippen LogP contribution >= 0.6 is 11.3 Å². The molecule has 32 heavy (non-hydrogen) atoms. The van der Waals surface area contributed by atoms with Crippen LogP contribution in [0.15, 0.2) is 66.0 Å². The summed E-state index contributed by atoms with van der Waals surface area (Å²) in [6.07, 6.45) is 0. The highest BCUT2D eigenvalue weighted by Crippen LogP contribution is 2.44. The maximum Gasteiger partial charge on any atom is 0.254 e. The highest BCUT2D eigenvalue weighted by atomic mass is 32.1. The van der Waals surface area contributed by atoms with Gasteiger partial charge >= 0.3 is 0 Å². The zero-order valence-corrected chi connectivity index (χ0v) is 19.4. The Labute approximate surface area is 193 Å². The number of nitrogens with one attached hydrogen (secondary N) is 1. The minimum absolute atomic E-state index is 0.0682. The number of rotatable bonds is 7. The van der Waals surface area contributed by atoms with E-state index < -0.39 is 5.92 Å². The molecule has 2 amide bonds. The summed E-state index contributed by atoms with van der Waals surface area (Å²) in [5, 5.41) is 5.08. The second-order valence-corrected chi connectivity index (χ2v) is 9.26. The minimum atomic E-state index is -0.524. The van der Waals surface area contributed by atoms with Crippen molar-refractivity contribution >= 4 is 28.8 Å². The number of nitrogens with zero attached hydrogens (tertiary/aromatic N) is 1. The Morgan fingerprint density at radius 1 is 1.09 bits per heavy atom. The summed E-state index contributed by atoms with van der Waals surface area (Å²) in [4.78, 5) is 29.9. The van der Waals surface area contributed by atoms with Crippen LogP contribution in [0.25, 0.3) is 0 Å². The molecule has 1 aliphatic heterocycles. The van der Waals surface area contributed by atoms with E-state index >= 15 is 0 Å². The zero-order chi connectivity index (χ0) is 22.7. The predicted octanol–water partition coefficient (Wildman–Crippen LogP) is 5.44. The topological polar surface area (TPSA) is 58.6 Å². The molecule has 0 bridgehead atoms. The Morgan fingerprint density at radius 3 is 2.50 bits per heavy atom. The van der Waals surface area contributed by atoms with Crippen LogP contribution in [0.2, 0.25) is 0 Å². The molecule has 0 radical (unpaired) electrons. The number of ether oxygens (including phenoxy) is 1. The first-order chi connectivity index (χ1) is 15.5. The summed E-state index contributed by atoms with van der Waals surface area (Å²) in [7, 11) is 1.62. The van der Waals surface area contributed by atoms with Gasteiger partial charge in [0.1, 0.15) is 0 Å². The second kappa shape index (κ2) is 9.67. The average Bonchev–Trinajstić information content (AvgIpc) is 3.33. The first kappa shape index (κ1) is 22.2. The monoisotopic (exact) mass is 448 g/mol. The van der Waals surface area contributed by atoms with Crippen LogP contribution in [0.1, 0.15) is 58.1 Å². The molecule has 1 aromatic heterocycles. The molecule has 0 fully saturated rings. The molecule has 1 N–H and O–H groups in total. The number of benzene rings is 2. The lowest BCUT2D eigenvalue weighted by Gasteiger charge is -2.41. The third-order valence-corrected chi connectivity index (χ3v) is 6.88. The van der Waals surface area contributed by atoms with Crippen LogP contribution in [0.3, 0.4) is 0 Å². The normalized spacial score (nSPS) is 18.0. The number of anilines is 1. The van der Waals surface area contributed by atoms with Crippen molar-refractivity contribution in [2.75, 3.05) is 25.6 Å². The van der Waals surface area contributed by atoms with Crippen molar-refractivity contribution < 1.29 is 14.3 Å². The molecule has 0 saturated heterocycles. The Kier molecular flexibility index (Phi) is 6.72. The fourth-order valence-electron chi connectivity index (χ4n) is 4.26. The minimum Gasteiger partial charge on any atom is -0.383 e. The quantitative estimate of drug-likeness (QED) is 0.524. The number of carbonyl (C=O) groups excluding carboxylic acids is 2. The molecule has 2 aromatic carbocycles. The maximum atomic E-state index is 13.7. The Morgan fingerprint density at radius 2 is 1.84 bits per heavy atom. The van der Waals surface area contributed by atoms with E-state index in [4.69, 9.17) is 4.74 Å². The fraction of sp³-hybridized carbons (Fsp3) is 0.308. The van der Waals surface area contributed by atoms with Gasteiger partial charge < -0.3 is 15.0 Å². The van der Waals surface area contributed by atoms with E-state index in [0.29, 0.717) is 24.6 Å². The van der Waals surface area contributed by atoms with Gasteiger partial charge in [0, 0.05) is 29.8 Å². The third kappa shape index (κ3) is 4.33. The molecule has 3 aromatic rings. The molecule has 5 nitrogen and oxygen atoms in total. The summed E-state index contributed by atoms with van der Waals surface area (Å²) < 4.78 is 5.28. The van der Waals surface area contributed by atoms with Gasteiger partial charge in [0.05, 0.1) is 18.6 Å². The Hall–Kier alpha value is -2.96. The van der Waals surface area contributed by atoms with E-state index in [-0.39, 0.29) is 17.9 Å². The van der Waals surface area contributed by atoms with Crippen molar-refractivity contribution in [3.8, 4) is 0 Å². The molecule has 2 unspecified atom stereocenters. The van der Waals surface area contributed by atoms with Gasteiger partial charge in [-0.1, -0.05) is 50.2 Å². The molecule has 0 saturated carbocycles. The van der Waals surface area contributed by atoms with Gasteiger partial charge in [0.25, 0.3) is 5.91 Å². The van der Waals surface area contributed by atoms with Gasteiger partial charge in [0.2, 0.25) is 5.91 Å². The SMILES string of the molecule is COCCN1C(=O)c2ccccc2C(C(=O)Nc2ccc(C(C)C)cc2)C1c1cccs1.